The van der Waals surface area contributed by atoms with E-state index in [1.807, 2.05) is 36.4 Å². The molecule has 0 bridgehead atoms. The summed E-state index contributed by atoms with van der Waals surface area (Å²) in [5.74, 6) is -0.0468. The Morgan fingerprint density at radius 1 is 0.964 bits per heavy atom. The molecule has 4 nitrogen and oxygen atoms in total. The summed E-state index contributed by atoms with van der Waals surface area (Å²) in [6.07, 6.45) is 1.02. The van der Waals surface area contributed by atoms with Crippen LogP contribution in [0.15, 0.2) is 60.7 Å². The zero-order valence-electron chi connectivity index (χ0n) is 17.3. The molecule has 28 heavy (non-hydrogen) atoms. The number of amides is 1. The molecule has 0 radical (unpaired) electrons. The predicted octanol–water partition coefficient (Wildman–Crippen LogP) is 3.78. The molecule has 2 aromatic carbocycles. The van der Waals surface area contributed by atoms with Crippen molar-refractivity contribution < 1.29 is 9.53 Å². The van der Waals surface area contributed by atoms with Crippen LogP contribution in [0, 0.1) is 0 Å². The lowest BCUT2D eigenvalue weighted by Gasteiger charge is -2.45. The molecule has 0 aromatic heterocycles. The summed E-state index contributed by atoms with van der Waals surface area (Å²) in [4.78, 5) is 18.2. The molecule has 0 saturated carbocycles. The number of carbonyl (C=O) groups is 1. The maximum absolute atomic E-state index is 13.6. The van der Waals surface area contributed by atoms with Gasteiger partial charge in [-0.25, -0.2) is 0 Å². The summed E-state index contributed by atoms with van der Waals surface area (Å²) in [6, 6.07) is 21.0. The number of nitrogens with zero attached hydrogens (tertiary/aromatic N) is 2. The van der Waals surface area contributed by atoms with Gasteiger partial charge in [0.2, 0.25) is 5.91 Å². The molecule has 1 saturated heterocycles. The third-order valence-electron chi connectivity index (χ3n) is 5.69. The highest BCUT2D eigenvalue weighted by atomic mass is 16.5. The van der Waals surface area contributed by atoms with E-state index in [9.17, 15) is 4.79 Å². The Hall–Kier alpha value is -2.17. The molecule has 2 aromatic rings. The first-order valence-corrected chi connectivity index (χ1v) is 10.2. The number of hydrogen-bond acceptors (Lipinski definition) is 3. The normalized spacial score (nSPS) is 20.5. The number of ether oxygens (including phenoxy) is 1. The fourth-order valence-corrected chi connectivity index (χ4v) is 4.32. The fraction of sp³-hybridized carbons (Fsp3) is 0.458. The van der Waals surface area contributed by atoms with Crippen LogP contribution in [-0.4, -0.2) is 61.1 Å². The van der Waals surface area contributed by atoms with Gasteiger partial charge >= 0.3 is 0 Å². The molecule has 1 fully saturated rings. The van der Waals surface area contributed by atoms with E-state index in [0.29, 0.717) is 12.1 Å². The third kappa shape index (κ3) is 4.81. The second kappa shape index (κ2) is 9.85. The average molecular weight is 381 g/mol. The van der Waals surface area contributed by atoms with Crippen LogP contribution in [0.3, 0.4) is 0 Å². The summed E-state index contributed by atoms with van der Waals surface area (Å²) in [5, 5.41) is 0. The molecule has 2 unspecified atom stereocenters. The second-order valence-electron chi connectivity index (χ2n) is 7.78. The fourth-order valence-electron chi connectivity index (χ4n) is 4.32. The number of benzene rings is 2. The van der Waals surface area contributed by atoms with Crippen LogP contribution in [0.25, 0.3) is 0 Å². The Labute approximate surface area is 169 Å². The smallest absolute Gasteiger partial charge is 0.234 e. The topological polar surface area (TPSA) is 32.8 Å². The molecular weight excluding hydrogens is 348 g/mol. The van der Waals surface area contributed by atoms with Gasteiger partial charge in [0.15, 0.2) is 0 Å². The van der Waals surface area contributed by atoms with Crippen LogP contribution in [0.2, 0.25) is 0 Å². The first-order chi connectivity index (χ1) is 13.6. The lowest BCUT2D eigenvalue weighted by molar-refractivity contribution is -0.136. The summed E-state index contributed by atoms with van der Waals surface area (Å²) < 4.78 is 5.20. The van der Waals surface area contributed by atoms with E-state index in [1.54, 1.807) is 7.11 Å². The van der Waals surface area contributed by atoms with E-state index in [4.69, 9.17) is 4.74 Å². The van der Waals surface area contributed by atoms with E-state index in [0.717, 1.165) is 43.8 Å². The highest BCUT2D eigenvalue weighted by Gasteiger charge is 2.35. The molecule has 0 N–H and O–H groups in total. The number of carbonyl (C=O) groups excluding carboxylic acids is 1. The maximum Gasteiger partial charge on any atom is 0.234 e. The van der Waals surface area contributed by atoms with Crippen LogP contribution in [0.4, 0.5) is 0 Å². The molecule has 0 spiro atoms. The molecule has 1 heterocycles. The van der Waals surface area contributed by atoms with Crippen LogP contribution in [0.5, 0.6) is 0 Å². The summed E-state index contributed by atoms with van der Waals surface area (Å²) >= 11 is 0. The predicted molar refractivity (Wildman–Crippen MR) is 113 cm³/mol. The monoisotopic (exact) mass is 380 g/mol. The van der Waals surface area contributed by atoms with Gasteiger partial charge in [-0.3, -0.25) is 9.69 Å². The summed E-state index contributed by atoms with van der Waals surface area (Å²) in [7, 11) is 1.75. The summed E-state index contributed by atoms with van der Waals surface area (Å²) in [5.41, 5.74) is 2.11. The van der Waals surface area contributed by atoms with E-state index in [1.165, 1.54) is 0 Å². The van der Waals surface area contributed by atoms with Gasteiger partial charge in [-0.2, -0.15) is 0 Å². The Balaban J connectivity index is 1.78. The first-order valence-electron chi connectivity index (χ1n) is 10.2. The van der Waals surface area contributed by atoms with Crippen molar-refractivity contribution in [3.63, 3.8) is 0 Å². The van der Waals surface area contributed by atoms with Crippen molar-refractivity contribution in [3.8, 4) is 0 Å². The molecule has 1 amide bonds. The summed E-state index contributed by atoms with van der Waals surface area (Å²) in [6.45, 7) is 7.78. The molecule has 1 aliphatic heterocycles. The minimum Gasteiger partial charge on any atom is -0.385 e. The SMILES string of the molecule is COCCCN1C(C)CN(C(=O)C(c2ccccc2)c2ccccc2)CC1C. The molecule has 1 aliphatic rings. The van der Waals surface area contributed by atoms with Crippen molar-refractivity contribution in [3.05, 3.63) is 71.8 Å². The zero-order valence-corrected chi connectivity index (χ0v) is 17.3. The molecule has 4 heteroatoms. The van der Waals surface area contributed by atoms with E-state index >= 15 is 0 Å². The van der Waals surface area contributed by atoms with Gasteiger partial charge in [0.05, 0.1) is 5.92 Å². The highest BCUT2D eigenvalue weighted by Crippen LogP contribution is 2.28. The Morgan fingerprint density at radius 2 is 1.46 bits per heavy atom. The van der Waals surface area contributed by atoms with Crippen molar-refractivity contribution in [1.29, 1.82) is 0 Å². The lowest BCUT2D eigenvalue weighted by Crippen LogP contribution is -2.58. The van der Waals surface area contributed by atoms with E-state index in [-0.39, 0.29) is 11.8 Å². The van der Waals surface area contributed by atoms with Gasteiger partial charge in [0, 0.05) is 45.4 Å². The van der Waals surface area contributed by atoms with Gasteiger partial charge in [-0.05, 0) is 31.4 Å². The van der Waals surface area contributed by atoms with E-state index < -0.39 is 0 Å². The van der Waals surface area contributed by atoms with Gasteiger partial charge < -0.3 is 9.64 Å². The van der Waals surface area contributed by atoms with Crippen LogP contribution < -0.4 is 0 Å². The lowest BCUT2D eigenvalue weighted by atomic mass is 9.89. The third-order valence-corrected chi connectivity index (χ3v) is 5.69. The number of hydrogen-bond donors (Lipinski definition) is 0. The Kier molecular flexibility index (Phi) is 7.24. The Morgan fingerprint density at radius 3 is 1.93 bits per heavy atom. The average Bonchev–Trinajstić information content (AvgIpc) is 2.71. The zero-order chi connectivity index (χ0) is 19.9. The van der Waals surface area contributed by atoms with Crippen molar-refractivity contribution in [2.75, 3.05) is 33.4 Å². The first kappa shape index (κ1) is 20.6. The number of rotatable bonds is 7. The van der Waals surface area contributed by atoms with Gasteiger partial charge in [-0.15, -0.1) is 0 Å². The number of methoxy groups -OCH3 is 1. The molecule has 3 rings (SSSR count). The second-order valence-corrected chi connectivity index (χ2v) is 7.78. The van der Waals surface area contributed by atoms with Crippen LogP contribution in [0.1, 0.15) is 37.3 Å². The minimum absolute atomic E-state index is 0.202. The Bertz CT molecular complexity index is 683. The molecular formula is C24H32N2O2. The molecule has 2 atom stereocenters. The van der Waals surface area contributed by atoms with Gasteiger partial charge in [-0.1, -0.05) is 60.7 Å². The van der Waals surface area contributed by atoms with Crippen molar-refractivity contribution in [2.45, 2.75) is 38.3 Å². The van der Waals surface area contributed by atoms with Crippen molar-refractivity contribution >= 4 is 5.91 Å². The van der Waals surface area contributed by atoms with Crippen LogP contribution in [-0.2, 0) is 9.53 Å². The van der Waals surface area contributed by atoms with Crippen molar-refractivity contribution in [2.24, 2.45) is 0 Å². The maximum atomic E-state index is 13.6. The standard InChI is InChI=1S/C24H32N2O2/c1-19-17-25(18-20(2)26(19)15-10-16-28-3)24(27)23(21-11-6-4-7-12-21)22-13-8-5-9-14-22/h4-9,11-14,19-20,23H,10,15-18H2,1-3H3. The van der Waals surface area contributed by atoms with Gasteiger partial charge in [0.25, 0.3) is 0 Å². The van der Waals surface area contributed by atoms with Crippen LogP contribution >= 0.6 is 0 Å². The quantitative estimate of drug-likeness (QED) is 0.686. The van der Waals surface area contributed by atoms with Gasteiger partial charge in [0.1, 0.15) is 0 Å². The van der Waals surface area contributed by atoms with E-state index in [2.05, 4.69) is 47.9 Å². The number of piperazine rings is 1. The molecule has 150 valence electrons. The minimum atomic E-state index is -0.248. The highest BCUT2D eigenvalue weighted by molar-refractivity contribution is 5.87. The largest absolute Gasteiger partial charge is 0.385 e. The molecule has 0 aliphatic carbocycles. The van der Waals surface area contributed by atoms with Crippen molar-refractivity contribution in [1.82, 2.24) is 9.80 Å².